The molecule has 0 aromatic heterocycles. The highest BCUT2D eigenvalue weighted by atomic mass is 16.6. The minimum atomic E-state index is -0.694. The summed E-state index contributed by atoms with van der Waals surface area (Å²) in [5.74, 6) is -1.49. The van der Waals surface area contributed by atoms with E-state index < -0.39 is 29.7 Å². The lowest BCUT2D eigenvalue weighted by Crippen LogP contribution is -2.22. The molecule has 3 atom stereocenters. The van der Waals surface area contributed by atoms with Crippen LogP contribution in [-0.4, -0.2) is 35.8 Å². The van der Waals surface area contributed by atoms with Crippen LogP contribution in [0, 0.1) is 13.8 Å². The van der Waals surface area contributed by atoms with Crippen LogP contribution in [0.3, 0.4) is 0 Å². The summed E-state index contributed by atoms with van der Waals surface area (Å²) in [4.78, 5) is 80.1. The first-order valence-electron chi connectivity index (χ1n) is 42.1. The van der Waals surface area contributed by atoms with E-state index in [1.165, 1.54) is 22.3 Å². The Balaban J connectivity index is 0.000000206. The van der Waals surface area contributed by atoms with E-state index in [-0.39, 0.29) is 91.9 Å². The zero-order chi connectivity index (χ0) is 88.5. The third-order valence-electron chi connectivity index (χ3n) is 23.1. The van der Waals surface area contributed by atoms with E-state index in [9.17, 15) is 28.8 Å². The Morgan fingerprint density at radius 3 is 0.817 bits per heavy atom. The molecular formula is C108H134O12. The van der Waals surface area contributed by atoms with E-state index in [0.717, 1.165) is 66.8 Å². The summed E-state index contributed by atoms with van der Waals surface area (Å²) in [5, 5.41) is 0. The highest BCUT2D eigenvalue weighted by Gasteiger charge is 2.43. The number of ether oxygens (including phenoxy) is 6. The molecule has 0 amide bonds. The second-order valence-electron chi connectivity index (χ2n) is 43.2. The van der Waals surface area contributed by atoms with Crippen molar-refractivity contribution in [1.29, 1.82) is 0 Å². The van der Waals surface area contributed by atoms with Crippen molar-refractivity contribution in [3.8, 4) is 34.5 Å². The van der Waals surface area contributed by atoms with E-state index in [1.807, 2.05) is 109 Å². The van der Waals surface area contributed by atoms with Gasteiger partial charge in [-0.1, -0.05) is 318 Å². The number of carbonyl (C=O) groups excluding carboxylic acids is 6. The van der Waals surface area contributed by atoms with Gasteiger partial charge >= 0.3 is 35.8 Å². The highest BCUT2D eigenvalue weighted by molar-refractivity contribution is 5.96. The van der Waals surface area contributed by atoms with Gasteiger partial charge in [0.15, 0.2) is 0 Å². The molecule has 12 heteroatoms. The largest absolute Gasteiger partial charge is 0.426 e. The van der Waals surface area contributed by atoms with Crippen LogP contribution >= 0.6 is 0 Å². The summed E-state index contributed by atoms with van der Waals surface area (Å²) in [5.41, 5.74) is 19.2. The molecular weight excluding hydrogens is 1490 g/mol. The highest BCUT2D eigenvalue weighted by Crippen LogP contribution is 2.50. The Morgan fingerprint density at radius 2 is 0.542 bits per heavy atom. The average molecular weight is 1620 g/mol. The molecule has 0 N–H and O–H groups in total. The van der Waals surface area contributed by atoms with Crippen LogP contribution in [0.2, 0.25) is 0 Å². The molecule has 0 radical (unpaired) electrons. The quantitative estimate of drug-likeness (QED) is 0.0893. The first kappa shape index (κ1) is 93.7. The fourth-order valence-corrected chi connectivity index (χ4v) is 15.9. The van der Waals surface area contributed by atoms with Gasteiger partial charge < -0.3 is 28.4 Å². The lowest BCUT2D eigenvalue weighted by molar-refractivity contribution is -0.135. The second-order valence-corrected chi connectivity index (χ2v) is 43.2. The molecule has 3 aliphatic rings. The molecule has 638 valence electrons. The Bertz CT molecular complexity index is 5330. The number of esters is 6. The van der Waals surface area contributed by atoms with Gasteiger partial charge in [0, 0.05) is 39.8 Å². The van der Waals surface area contributed by atoms with Crippen molar-refractivity contribution >= 4 is 35.8 Å². The Labute approximate surface area is 717 Å². The van der Waals surface area contributed by atoms with Crippen LogP contribution in [0.4, 0.5) is 0 Å². The lowest BCUT2D eigenvalue weighted by Gasteiger charge is -2.30. The van der Waals surface area contributed by atoms with Crippen LogP contribution in [-0.2, 0) is 79.7 Å². The smallest absolute Gasteiger partial charge is 0.343 e. The van der Waals surface area contributed by atoms with Gasteiger partial charge in [-0.3, -0.25) is 19.2 Å². The SMILES string of the molecule is C.CC(C)(C)c1ccc(OC(=O)c2ccccc2)c(C2C(=O)Oc3ccc(C(C)(C)C)cc32)c1.Cc1c(C(C)(C)C)cc(C(=O)Oc2ccc(C(C)(C)C)cc2C2C(=O)Oc3ccc(C(C)(C)C)cc32)cc1C(C)(C)C.Cc1c(C(C)(C)C)cc(CCC(=O)Oc2ccc(C(C)(C)C)cc2C2C(=O)Oc3ccc(C(C)(C)C)cc32)cc1C(C)(C)C. The number of carbonyl (C=O) groups is 6. The molecule has 120 heavy (non-hydrogen) atoms. The molecule has 0 bridgehead atoms. The van der Waals surface area contributed by atoms with Gasteiger partial charge in [-0.05, 0) is 207 Å². The molecule has 3 aliphatic heterocycles. The fourth-order valence-electron chi connectivity index (χ4n) is 15.9. The van der Waals surface area contributed by atoms with Gasteiger partial charge in [0.25, 0.3) is 0 Å². The van der Waals surface area contributed by atoms with Crippen molar-refractivity contribution in [3.63, 3.8) is 0 Å². The van der Waals surface area contributed by atoms with Crippen LogP contribution in [0.5, 0.6) is 34.5 Å². The molecule has 0 aliphatic carbocycles. The van der Waals surface area contributed by atoms with Gasteiger partial charge in [-0.15, -0.1) is 0 Å². The van der Waals surface area contributed by atoms with Crippen LogP contribution in [0.1, 0.15) is 366 Å². The van der Waals surface area contributed by atoms with Crippen molar-refractivity contribution in [2.75, 3.05) is 0 Å². The van der Waals surface area contributed by atoms with Gasteiger partial charge in [-0.25, -0.2) is 9.59 Å². The monoisotopic (exact) mass is 1620 g/mol. The predicted molar refractivity (Wildman–Crippen MR) is 487 cm³/mol. The number of fused-ring (bicyclic) bond motifs is 3. The third-order valence-corrected chi connectivity index (χ3v) is 23.1. The average Bonchev–Trinajstić information content (AvgIpc) is 1.49. The zero-order valence-corrected chi connectivity index (χ0v) is 77.1. The minimum absolute atomic E-state index is 0. The Hall–Kier alpha value is -10.2. The topological polar surface area (TPSA) is 158 Å². The second kappa shape index (κ2) is 34.0. The molecule has 0 saturated heterocycles. The van der Waals surface area contributed by atoms with Gasteiger partial charge in [0.05, 0.1) is 11.1 Å². The third kappa shape index (κ3) is 21.2. The number of hydrogen-bond donors (Lipinski definition) is 0. The summed E-state index contributed by atoms with van der Waals surface area (Å²) < 4.78 is 35.2. The van der Waals surface area contributed by atoms with Crippen LogP contribution in [0.25, 0.3) is 0 Å². The number of aryl methyl sites for hydroxylation is 1. The van der Waals surface area contributed by atoms with Crippen molar-refractivity contribution in [2.24, 2.45) is 0 Å². The minimum Gasteiger partial charge on any atom is -0.426 e. The summed E-state index contributed by atoms with van der Waals surface area (Å²) in [6.07, 6.45) is 0.806. The maximum Gasteiger partial charge on any atom is 0.343 e. The molecule has 0 spiro atoms. The van der Waals surface area contributed by atoms with E-state index in [1.54, 1.807) is 30.3 Å². The molecule has 12 rings (SSSR count). The van der Waals surface area contributed by atoms with Crippen LogP contribution < -0.4 is 28.4 Å². The number of hydrogen-bond acceptors (Lipinski definition) is 12. The van der Waals surface area contributed by atoms with E-state index >= 15 is 0 Å². The molecule has 9 aromatic carbocycles. The Kier molecular flexibility index (Phi) is 26.5. The first-order valence-corrected chi connectivity index (χ1v) is 42.1. The van der Waals surface area contributed by atoms with E-state index in [0.29, 0.717) is 68.7 Å². The van der Waals surface area contributed by atoms with E-state index in [2.05, 4.69) is 246 Å². The predicted octanol–water partition coefficient (Wildman–Crippen LogP) is 26.4. The van der Waals surface area contributed by atoms with Crippen LogP contribution in [0.15, 0.2) is 164 Å². The molecule has 12 nitrogen and oxygen atoms in total. The lowest BCUT2D eigenvalue weighted by atomic mass is 9.75. The van der Waals surface area contributed by atoms with Gasteiger partial charge in [-0.2, -0.15) is 0 Å². The molecule has 3 unspecified atom stereocenters. The van der Waals surface area contributed by atoms with Crippen molar-refractivity contribution in [2.45, 2.75) is 314 Å². The molecule has 9 aromatic rings. The van der Waals surface area contributed by atoms with Crippen molar-refractivity contribution in [3.05, 3.63) is 281 Å². The summed E-state index contributed by atoms with van der Waals surface area (Å²) >= 11 is 0. The maximum atomic E-state index is 13.9. The van der Waals surface area contributed by atoms with Gasteiger partial charge in [0.2, 0.25) is 0 Å². The summed E-state index contributed by atoms with van der Waals surface area (Å²) in [6, 6.07) is 52.4. The summed E-state index contributed by atoms with van der Waals surface area (Å²) in [6.45, 7) is 69.1. The number of benzene rings is 9. The fraction of sp³-hybridized carbons (Fsp3) is 0.444. The molecule has 3 heterocycles. The van der Waals surface area contributed by atoms with Crippen molar-refractivity contribution in [1.82, 2.24) is 0 Å². The molecule has 0 fully saturated rings. The number of rotatable bonds is 11. The maximum absolute atomic E-state index is 13.9. The summed E-state index contributed by atoms with van der Waals surface area (Å²) in [7, 11) is 0. The Morgan fingerprint density at radius 1 is 0.292 bits per heavy atom. The van der Waals surface area contributed by atoms with Crippen molar-refractivity contribution < 1.29 is 57.2 Å². The first-order chi connectivity index (χ1) is 54.6. The van der Waals surface area contributed by atoms with Gasteiger partial charge in [0.1, 0.15) is 52.3 Å². The molecule has 0 saturated carbocycles. The van der Waals surface area contributed by atoms with E-state index in [4.69, 9.17) is 28.4 Å². The standard InChI is InChI=1S/C40H52O4.C38H48O4.C29H30O4.CH4/c1-24-30(39(8,9)10)20-25(21-31(24)40(11,12)13)14-19-34(41)43-32-17-15-26(37(2,3)4)22-28(32)35-29-23-27(38(5,6)7)16-18-33(29)44-36(35)42;1-22-28(37(8,9)10)18-23(19-29(22)38(11,12)13)33(39)41-30-16-14-24(35(2,3)4)20-26(30)32-27-21-25(36(5,6)7)15-17-31(27)42-34(32)40;1-28(2,3)19-12-14-23(32-26(30)18-10-8-7-9-11-18)21(16-19)25-22-17-20(29(4,5)6)13-15-24(22)33-27(25)31;/h15-18,20-23,35H,14,19H2,1-13H3;14-21,32H,1-13H3;7-17,25H,1-6H3;1H4. The zero-order valence-electron chi connectivity index (χ0n) is 77.1. The normalized spacial score (nSPS) is 15.6.